The van der Waals surface area contributed by atoms with Gasteiger partial charge < -0.3 is 11.5 Å². The topological polar surface area (TPSA) is 52.0 Å². The molecule has 0 amide bonds. The predicted molar refractivity (Wildman–Crippen MR) is 73.5 cm³/mol. The Hall–Kier alpha value is 0.01000. The molecule has 1 atom stereocenters. The lowest BCUT2D eigenvalue weighted by Crippen LogP contribution is -2.12. The lowest BCUT2D eigenvalue weighted by Gasteiger charge is -2.14. The minimum atomic E-state index is -0.0993. The number of hydrogen-bond donors (Lipinski definition) is 2. The molecule has 92 valence electrons. The third kappa shape index (κ3) is 4.48. The molecule has 0 unspecified atom stereocenters. The Morgan fingerprint density at radius 1 is 1.12 bits per heavy atom. The summed E-state index contributed by atoms with van der Waals surface area (Å²) in [5.41, 5.74) is 12.3. The van der Waals surface area contributed by atoms with Crippen molar-refractivity contribution < 1.29 is 0 Å². The second-order valence-electron chi connectivity index (χ2n) is 3.53. The van der Waals surface area contributed by atoms with Crippen LogP contribution in [0.25, 0.3) is 0 Å². The molecule has 0 saturated carbocycles. The first-order chi connectivity index (χ1) is 7.16. The summed E-state index contributed by atoms with van der Waals surface area (Å²) in [6, 6.07) is 5.34. The molecule has 0 saturated heterocycles. The first-order valence-electron chi connectivity index (χ1n) is 5.06. The van der Waals surface area contributed by atoms with Crippen molar-refractivity contribution in [2.24, 2.45) is 11.5 Å². The summed E-state index contributed by atoms with van der Waals surface area (Å²) in [6.07, 6.45) is 2.84. The Bertz CT molecular complexity index is 298. The Kier molecular flexibility index (Phi) is 8.16. The average Bonchev–Trinajstić information content (AvgIpc) is 2.18. The van der Waals surface area contributed by atoms with E-state index < -0.39 is 0 Å². The van der Waals surface area contributed by atoms with Crippen molar-refractivity contribution in [3.05, 3.63) is 33.8 Å². The van der Waals surface area contributed by atoms with Crippen molar-refractivity contribution in [1.82, 2.24) is 0 Å². The number of unbranched alkanes of at least 4 members (excludes halogenated alkanes) is 1. The number of halogens is 3. The van der Waals surface area contributed by atoms with Gasteiger partial charge in [-0.2, -0.15) is 0 Å². The van der Waals surface area contributed by atoms with Gasteiger partial charge in [0.25, 0.3) is 0 Å². The maximum Gasteiger partial charge on any atom is 0.0468 e. The molecule has 0 spiro atoms. The second-order valence-corrected chi connectivity index (χ2v) is 4.34. The van der Waals surface area contributed by atoms with Crippen molar-refractivity contribution in [2.45, 2.75) is 25.3 Å². The van der Waals surface area contributed by atoms with Gasteiger partial charge >= 0.3 is 0 Å². The minimum Gasteiger partial charge on any atom is -0.330 e. The number of benzene rings is 1. The normalized spacial score (nSPS) is 12.0. The number of hydrogen-bond acceptors (Lipinski definition) is 2. The Balaban J connectivity index is 0.00000225. The van der Waals surface area contributed by atoms with E-state index >= 15 is 0 Å². The van der Waals surface area contributed by atoms with Gasteiger partial charge in [0.15, 0.2) is 0 Å². The summed E-state index contributed by atoms with van der Waals surface area (Å²) < 4.78 is 0. The largest absolute Gasteiger partial charge is 0.330 e. The molecule has 0 heterocycles. The van der Waals surface area contributed by atoms with Gasteiger partial charge in [-0.3, -0.25) is 0 Å². The van der Waals surface area contributed by atoms with Crippen molar-refractivity contribution in [2.75, 3.05) is 6.54 Å². The Labute approximate surface area is 113 Å². The molecular formula is C11H17Cl3N2. The van der Waals surface area contributed by atoms with E-state index in [4.69, 9.17) is 34.7 Å². The van der Waals surface area contributed by atoms with Crippen LogP contribution < -0.4 is 11.5 Å². The number of nitrogens with two attached hydrogens (primary N) is 2. The highest BCUT2D eigenvalue weighted by molar-refractivity contribution is 6.36. The van der Waals surface area contributed by atoms with Gasteiger partial charge in [0.2, 0.25) is 0 Å². The minimum absolute atomic E-state index is 0. The van der Waals surface area contributed by atoms with Gasteiger partial charge in [-0.25, -0.2) is 0 Å². The molecule has 0 fully saturated rings. The highest BCUT2D eigenvalue weighted by atomic mass is 35.5. The van der Waals surface area contributed by atoms with E-state index in [9.17, 15) is 0 Å². The molecule has 0 aliphatic rings. The zero-order valence-corrected chi connectivity index (χ0v) is 11.3. The van der Waals surface area contributed by atoms with E-state index in [2.05, 4.69) is 0 Å². The second kappa shape index (κ2) is 8.15. The molecule has 4 N–H and O–H groups in total. The van der Waals surface area contributed by atoms with Crippen LogP contribution in [-0.4, -0.2) is 6.54 Å². The van der Waals surface area contributed by atoms with Gasteiger partial charge in [0.1, 0.15) is 0 Å². The predicted octanol–water partition coefficient (Wildman–Crippen LogP) is 3.54. The summed E-state index contributed by atoms with van der Waals surface area (Å²) in [6.45, 7) is 0.697. The summed E-state index contributed by atoms with van der Waals surface area (Å²) >= 11 is 12.1. The first kappa shape index (κ1) is 16.0. The van der Waals surface area contributed by atoms with Crippen LogP contribution in [0.2, 0.25) is 10.0 Å². The van der Waals surface area contributed by atoms with Crippen molar-refractivity contribution in [3.8, 4) is 0 Å². The molecule has 1 aromatic carbocycles. The van der Waals surface area contributed by atoms with Crippen LogP contribution in [0.15, 0.2) is 18.2 Å². The van der Waals surface area contributed by atoms with E-state index in [0.717, 1.165) is 24.8 Å². The summed E-state index contributed by atoms with van der Waals surface area (Å²) in [5.74, 6) is 0. The van der Waals surface area contributed by atoms with Crippen LogP contribution in [0.5, 0.6) is 0 Å². The van der Waals surface area contributed by atoms with Crippen LogP contribution in [0.3, 0.4) is 0 Å². The molecule has 16 heavy (non-hydrogen) atoms. The lowest BCUT2D eigenvalue weighted by atomic mass is 10.0. The fourth-order valence-electron chi connectivity index (χ4n) is 1.52. The molecule has 1 aromatic rings. The zero-order chi connectivity index (χ0) is 11.3. The van der Waals surface area contributed by atoms with Crippen LogP contribution >= 0.6 is 35.6 Å². The zero-order valence-electron chi connectivity index (χ0n) is 8.96. The Morgan fingerprint density at radius 2 is 1.69 bits per heavy atom. The maximum absolute atomic E-state index is 6.05. The molecule has 0 aliphatic carbocycles. The van der Waals surface area contributed by atoms with E-state index in [1.165, 1.54) is 0 Å². The van der Waals surface area contributed by atoms with Crippen LogP contribution in [0.1, 0.15) is 30.9 Å². The molecule has 5 heteroatoms. The molecule has 0 radical (unpaired) electrons. The molecule has 0 aromatic heterocycles. The summed E-state index contributed by atoms with van der Waals surface area (Å²) in [7, 11) is 0. The SMILES string of the molecule is Cl.NCCCC[C@H](N)c1c(Cl)cccc1Cl. The average molecular weight is 284 g/mol. The van der Waals surface area contributed by atoms with Gasteiger partial charge in [0, 0.05) is 21.7 Å². The molecule has 2 nitrogen and oxygen atoms in total. The van der Waals surface area contributed by atoms with Gasteiger partial charge in [-0.1, -0.05) is 35.7 Å². The first-order valence-corrected chi connectivity index (χ1v) is 5.82. The molecular weight excluding hydrogens is 266 g/mol. The highest BCUT2D eigenvalue weighted by Crippen LogP contribution is 2.31. The van der Waals surface area contributed by atoms with Crippen LogP contribution in [-0.2, 0) is 0 Å². The molecule has 0 aliphatic heterocycles. The summed E-state index contributed by atoms with van der Waals surface area (Å²) in [5, 5.41) is 1.28. The third-order valence-electron chi connectivity index (χ3n) is 2.34. The third-order valence-corrected chi connectivity index (χ3v) is 3.00. The standard InChI is InChI=1S/C11H16Cl2N2.ClH/c12-8-4-3-5-9(13)11(8)10(15)6-1-2-7-14;/h3-5,10H,1-2,6-7,14-15H2;1H/t10-;/m0./s1. The van der Waals surface area contributed by atoms with Crippen LogP contribution in [0.4, 0.5) is 0 Å². The van der Waals surface area contributed by atoms with E-state index in [-0.39, 0.29) is 18.4 Å². The van der Waals surface area contributed by atoms with E-state index in [1.807, 2.05) is 18.2 Å². The van der Waals surface area contributed by atoms with Crippen molar-refractivity contribution in [1.29, 1.82) is 0 Å². The van der Waals surface area contributed by atoms with Gasteiger partial charge in [0.05, 0.1) is 0 Å². The summed E-state index contributed by atoms with van der Waals surface area (Å²) in [4.78, 5) is 0. The fourth-order valence-corrected chi connectivity index (χ4v) is 2.20. The molecule has 0 bridgehead atoms. The lowest BCUT2D eigenvalue weighted by molar-refractivity contribution is 0.591. The maximum atomic E-state index is 6.05. The quantitative estimate of drug-likeness (QED) is 0.812. The highest BCUT2D eigenvalue weighted by Gasteiger charge is 2.13. The van der Waals surface area contributed by atoms with Gasteiger partial charge in [-0.15, -0.1) is 12.4 Å². The number of rotatable bonds is 5. The van der Waals surface area contributed by atoms with Gasteiger partial charge in [-0.05, 0) is 31.5 Å². The van der Waals surface area contributed by atoms with E-state index in [1.54, 1.807) is 0 Å². The molecule has 1 rings (SSSR count). The smallest absolute Gasteiger partial charge is 0.0468 e. The fraction of sp³-hybridized carbons (Fsp3) is 0.455. The van der Waals surface area contributed by atoms with E-state index in [0.29, 0.717) is 16.6 Å². The monoisotopic (exact) mass is 282 g/mol. The van der Waals surface area contributed by atoms with Crippen molar-refractivity contribution in [3.63, 3.8) is 0 Å². The Morgan fingerprint density at radius 3 is 2.19 bits per heavy atom. The van der Waals surface area contributed by atoms with Crippen molar-refractivity contribution >= 4 is 35.6 Å². The van der Waals surface area contributed by atoms with Crippen LogP contribution in [0, 0.1) is 0 Å².